The first-order chi connectivity index (χ1) is 8.56. The Balaban J connectivity index is 1.91. The quantitative estimate of drug-likeness (QED) is 0.777. The Morgan fingerprint density at radius 2 is 2.39 bits per heavy atom. The maximum absolute atomic E-state index is 13.0. The molecule has 1 fully saturated rings. The second kappa shape index (κ2) is 5.77. The number of amides is 1. The van der Waals surface area contributed by atoms with Crippen molar-refractivity contribution in [1.82, 2.24) is 10.6 Å². The maximum atomic E-state index is 13.0. The third-order valence-electron chi connectivity index (χ3n) is 2.88. The van der Waals surface area contributed by atoms with Gasteiger partial charge in [0.1, 0.15) is 5.82 Å². The van der Waals surface area contributed by atoms with E-state index in [-0.39, 0.29) is 24.3 Å². The number of hydrogen-bond donors (Lipinski definition) is 3. The van der Waals surface area contributed by atoms with Crippen LogP contribution in [0.3, 0.4) is 0 Å². The molecule has 0 spiro atoms. The molecule has 0 bridgehead atoms. The van der Waals surface area contributed by atoms with Crippen molar-refractivity contribution in [2.75, 3.05) is 6.54 Å². The first kappa shape index (κ1) is 13.5. The van der Waals surface area contributed by atoms with E-state index in [1.807, 2.05) is 0 Å². The minimum absolute atomic E-state index is 0.178. The van der Waals surface area contributed by atoms with Crippen molar-refractivity contribution in [2.45, 2.75) is 25.1 Å². The molecule has 2 atom stereocenters. The normalized spacial score (nSPS) is 23.1. The highest BCUT2D eigenvalue weighted by molar-refractivity contribution is 9.10. The Bertz CT molecular complexity index is 456. The zero-order valence-electron chi connectivity index (χ0n) is 9.62. The van der Waals surface area contributed by atoms with Gasteiger partial charge in [-0.3, -0.25) is 4.79 Å². The molecule has 4 nitrogen and oxygen atoms in total. The standard InChI is InChI=1S/C12H14BrFN2O2/c13-10-2-1-8(14)3-7(10)5-16-12(18)11-4-9(17)6-15-11/h1-3,9,11,15,17H,4-6H2,(H,16,18). The van der Waals surface area contributed by atoms with Crippen LogP contribution in [0, 0.1) is 5.82 Å². The summed E-state index contributed by atoms with van der Waals surface area (Å²) in [6.07, 6.45) is -0.0578. The van der Waals surface area contributed by atoms with Gasteiger partial charge in [0.05, 0.1) is 12.1 Å². The van der Waals surface area contributed by atoms with Crippen LogP contribution in [0.25, 0.3) is 0 Å². The summed E-state index contributed by atoms with van der Waals surface area (Å²) >= 11 is 3.30. The number of halogens is 2. The average molecular weight is 317 g/mol. The van der Waals surface area contributed by atoms with Gasteiger partial charge in [-0.25, -0.2) is 4.39 Å². The van der Waals surface area contributed by atoms with Crippen LogP contribution >= 0.6 is 15.9 Å². The summed E-state index contributed by atoms with van der Waals surface area (Å²) in [6, 6.07) is 3.97. The fourth-order valence-corrected chi connectivity index (χ4v) is 2.29. The molecule has 0 radical (unpaired) electrons. The van der Waals surface area contributed by atoms with E-state index in [4.69, 9.17) is 0 Å². The van der Waals surface area contributed by atoms with Gasteiger partial charge in [-0.15, -0.1) is 0 Å². The molecule has 3 N–H and O–H groups in total. The van der Waals surface area contributed by atoms with Gasteiger partial charge in [0.2, 0.25) is 5.91 Å². The van der Waals surface area contributed by atoms with Gasteiger partial charge in [0, 0.05) is 17.6 Å². The minimum Gasteiger partial charge on any atom is -0.392 e. The van der Waals surface area contributed by atoms with Gasteiger partial charge in [0.25, 0.3) is 0 Å². The predicted molar refractivity (Wildman–Crippen MR) is 68.4 cm³/mol. The molecule has 1 aromatic rings. The van der Waals surface area contributed by atoms with E-state index < -0.39 is 6.10 Å². The SMILES string of the molecule is O=C(NCc1cc(F)ccc1Br)C1CC(O)CN1. The molecule has 98 valence electrons. The van der Waals surface area contributed by atoms with Crippen molar-refractivity contribution in [1.29, 1.82) is 0 Å². The molecular weight excluding hydrogens is 303 g/mol. The number of carbonyl (C=O) groups excluding carboxylic acids is 1. The van der Waals surface area contributed by atoms with Crippen LogP contribution in [0.2, 0.25) is 0 Å². The summed E-state index contributed by atoms with van der Waals surface area (Å²) in [4.78, 5) is 11.8. The third-order valence-corrected chi connectivity index (χ3v) is 3.66. The summed E-state index contributed by atoms with van der Waals surface area (Å²) in [5, 5.41) is 15.0. The Kier molecular flexibility index (Phi) is 4.31. The Morgan fingerprint density at radius 3 is 3.06 bits per heavy atom. The van der Waals surface area contributed by atoms with Gasteiger partial charge in [-0.2, -0.15) is 0 Å². The largest absolute Gasteiger partial charge is 0.392 e. The van der Waals surface area contributed by atoms with Crippen LogP contribution in [0.4, 0.5) is 4.39 Å². The van der Waals surface area contributed by atoms with Crippen molar-refractivity contribution in [2.24, 2.45) is 0 Å². The highest BCUT2D eigenvalue weighted by atomic mass is 79.9. The molecule has 1 aromatic carbocycles. The number of benzene rings is 1. The van der Waals surface area contributed by atoms with Crippen molar-refractivity contribution >= 4 is 21.8 Å². The number of hydrogen-bond acceptors (Lipinski definition) is 3. The molecule has 6 heteroatoms. The molecule has 0 aliphatic carbocycles. The van der Waals surface area contributed by atoms with E-state index in [1.165, 1.54) is 12.1 Å². The van der Waals surface area contributed by atoms with Crippen LogP contribution in [0.5, 0.6) is 0 Å². The summed E-state index contributed by atoms with van der Waals surface area (Å²) in [6.45, 7) is 0.688. The highest BCUT2D eigenvalue weighted by Crippen LogP contribution is 2.17. The number of nitrogens with one attached hydrogen (secondary N) is 2. The van der Waals surface area contributed by atoms with Gasteiger partial charge in [-0.05, 0) is 30.2 Å². The van der Waals surface area contributed by atoms with Crippen LogP contribution in [-0.2, 0) is 11.3 Å². The van der Waals surface area contributed by atoms with Gasteiger partial charge < -0.3 is 15.7 Å². The number of carbonyl (C=O) groups is 1. The predicted octanol–water partition coefficient (Wildman–Crippen LogP) is 0.927. The lowest BCUT2D eigenvalue weighted by atomic mass is 10.1. The van der Waals surface area contributed by atoms with Crippen molar-refractivity contribution < 1.29 is 14.3 Å². The van der Waals surface area contributed by atoms with E-state index in [2.05, 4.69) is 26.6 Å². The van der Waals surface area contributed by atoms with Crippen LogP contribution < -0.4 is 10.6 Å². The molecule has 0 saturated carbocycles. The fourth-order valence-electron chi connectivity index (χ4n) is 1.90. The molecule has 1 aliphatic heterocycles. The molecule has 0 aromatic heterocycles. The van der Waals surface area contributed by atoms with Gasteiger partial charge >= 0.3 is 0 Å². The molecule has 18 heavy (non-hydrogen) atoms. The van der Waals surface area contributed by atoms with Crippen molar-refractivity contribution in [3.8, 4) is 0 Å². The molecule has 1 saturated heterocycles. The summed E-state index contributed by atoms with van der Waals surface area (Å²) < 4.78 is 13.8. The van der Waals surface area contributed by atoms with Crippen LogP contribution in [-0.4, -0.2) is 29.7 Å². The number of aliphatic hydroxyl groups excluding tert-OH is 1. The smallest absolute Gasteiger partial charge is 0.237 e. The average Bonchev–Trinajstić information content (AvgIpc) is 2.77. The number of rotatable bonds is 3. The second-order valence-electron chi connectivity index (χ2n) is 4.30. The zero-order chi connectivity index (χ0) is 13.1. The van der Waals surface area contributed by atoms with E-state index in [9.17, 15) is 14.3 Å². The lowest BCUT2D eigenvalue weighted by molar-refractivity contribution is -0.123. The summed E-state index contributed by atoms with van der Waals surface area (Å²) in [7, 11) is 0. The summed E-state index contributed by atoms with van der Waals surface area (Å²) in [5.41, 5.74) is 0.682. The molecule has 1 aliphatic rings. The second-order valence-corrected chi connectivity index (χ2v) is 5.16. The van der Waals surface area contributed by atoms with Gasteiger partial charge in [0.15, 0.2) is 0 Å². The van der Waals surface area contributed by atoms with E-state index in [1.54, 1.807) is 6.07 Å². The van der Waals surface area contributed by atoms with Crippen molar-refractivity contribution in [3.05, 3.63) is 34.1 Å². The fraction of sp³-hybridized carbons (Fsp3) is 0.417. The molecule has 1 amide bonds. The monoisotopic (exact) mass is 316 g/mol. The Hall–Kier alpha value is -0.980. The van der Waals surface area contributed by atoms with Crippen LogP contribution in [0.15, 0.2) is 22.7 Å². The lowest BCUT2D eigenvalue weighted by Gasteiger charge is -2.12. The lowest BCUT2D eigenvalue weighted by Crippen LogP contribution is -2.40. The minimum atomic E-state index is -0.471. The first-order valence-corrected chi connectivity index (χ1v) is 6.48. The molecule has 2 rings (SSSR count). The maximum Gasteiger partial charge on any atom is 0.237 e. The highest BCUT2D eigenvalue weighted by Gasteiger charge is 2.27. The van der Waals surface area contributed by atoms with Gasteiger partial charge in [-0.1, -0.05) is 15.9 Å². The van der Waals surface area contributed by atoms with E-state index >= 15 is 0 Å². The van der Waals surface area contributed by atoms with E-state index in [0.29, 0.717) is 18.5 Å². The first-order valence-electron chi connectivity index (χ1n) is 5.69. The van der Waals surface area contributed by atoms with Crippen molar-refractivity contribution in [3.63, 3.8) is 0 Å². The van der Waals surface area contributed by atoms with Crippen LogP contribution in [0.1, 0.15) is 12.0 Å². The topological polar surface area (TPSA) is 61.4 Å². The Labute approximate surface area is 113 Å². The number of aliphatic hydroxyl groups is 1. The molecular formula is C12H14BrFN2O2. The zero-order valence-corrected chi connectivity index (χ0v) is 11.2. The summed E-state index contributed by atoms with van der Waals surface area (Å²) in [5.74, 6) is -0.514. The molecule has 1 heterocycles. The van der Waals surface area contributed by atoms with E-state index in [0.717, 1.165) is 4.47 Å². The third kappa shape index (κ3) is 3.28. The Morgan fingerprint density at radius 1 is 1.61 bits per heavy atom. The number of β-amino-alcohol motifs (C(OH)–C–C–N with tert-alkyl or cyclic N) is 1. The molecule has 2 unspecified atom stereocenters.